The number of rotatable bonds is 2. The van der Waals surface area contributed by atoms with Crippen LogP contribution in [0.25, 0.3) is 11.3 Å². The van der Waals surface area contributed by atoms with Crippen molar-refractivity contribution in [1.29, 1.82) is 0 Å². The number of halogens is 2. The van der Waals surface area contributed by atoms with E-state index in [1.54, 1.807) is 25.2 Å². The normalized spacial score (nSPS) is 11.5. The molecule has 1 heterocycles. The lowest BCUT2D eigenvalue weighted by atomic mass is 9.95. The molecule has 0 bridgehead atoms. The van der Waals surface area contributed by atoms with Crippen LogP contribution < -0.4 is 5.32 Å². The van der Waals surface area contributed by atoms with Crippen LogP contribution in [0.2, 0.25) is 0 Å². The molecule has 2 rings (SSSR count). The van der Waals surface area contributed by atoms with Crippen LogP contribution in [0.4, 0.5) is 10.2 Å². The molecule has 0 saturated heterocycles. The molecule has 0 radical (unpaired) electrons. The summed E-state index contributed by atoms with van der Waals surface area (Å²) in [5.74, 6) is 1.06. The van der Waals surface area contributed by atoms with Crippen molar-refractivity contribution < 1.29 is 4.39 Å². The highest BCUT2D eigenvalue weighted by molar-refractivity contribution is 9.10. The van der Waals surface area contributed by atoms with E-state index in [-0.39, 0.29) is 11.2 Å². The summed E-state index contributed by atoms with van der Waals surface area (Å²) in [6, 6.07) is 6.57. The number of aromatic nitrogens is 2. The third-order valence-electron chi connectivity index (χ3n) is 2.86. The van der Waals surface area contributed by atoms with E-state index in [0.717, 1.165) is 4.47 Å². The Morgan fingerprint density at radius 3 is 2.45 bits per heavy atom. The summed E-state index contributed by atoms with van der Waals surface area (Å²) in [4.78, 5) is 8.96. The zero-order valence-corrected chi connectivity index (χ0v) is 13.5. The molecule has 2 aromatic rings. The van der Waals surface area contributed by atoms with Crippen LogP contribution >= 0.6 is 15.9 Å². The van der Waals surface area contributed by atoms with Gasteiger partial charge in [0.15, 0.2) is 0 Å². The summed E-state index contributed by atoms with van der Waals surface area (Å²) in [5.41, 5.74) is 0.834. The van der Waals surface area contributed by atoms with Gasteiger partial charge in [0.1, 0.15) is 17.5 Å². The molecule has 0 amide bonds. The Morgan fingerprint density at radius 2 is 1.85 bits per heavy atom. The maximum atomic E-state index is 14.0. The van der Waals surface area contributed by atoms with Crippen molar-refractivity contribution >= 4 is 21.7 Å². The summed E-state index contributed by atoms with van der Waals surface area (Å²) in [6.07, 6.45) is 0. The standard InChI is InChI=1S/C15H17BrFN3/c1-15(2,3)14-19-12(8-13(18-4)20-14)10-7-9(16)5-6-11(10)17/h5-8H,1-4H3,(H,18,19,20). The second-order valence-corrected chi connectivity index (χ2v) is 6.50. The number of benzene rings is 1. The lowest BCUT2D eigenvalue weighted by molar-refractivity contribution is 0.546. The molecular weight excluding hydrogens is 321 g/mol. The van der Waals surface area contributed by atoms with E-state index in [1.165, 1.54) is 6.07 Å². The molecule has 20 heavy (non-hydrogen) atoms. The molecule has 106 valence electrons. The van der Waals surface area contributed by atoms with Gasteiger partial charge in [0.2, 0.25) is 0 Å². The Hall–Kier alpha value is -1.49. The first-order valence-electron chi connectivity index (χ1n) is 6.34. The van der Waals surface area contributed by atoms with Crippen LogP contribution in [0.3, 0.4) is 0 Å². The molecule has 0 aliphatic heterocycles. The summed E-state index contributed by atoms with van der Waals surface area (Å²) >= 11 is 3.36. The number of hydrogen-bond acceptors (Lipinski definition) is 3. The number of nitrogens with one attached hydrogen (secondary N) is 1. The van der Waals surface area contributed by atoms with Gasteiger partial charge in [-0.05, 0) is 18.2 Å². The van der Waals surface area contributed by atoms with Crippen LogP contribution in [-0.2, 0) is 5.41 Å². The Kier molecular flexibility index (Phi) is 4.09. The van der Waals surface area contributed by atoms with Gasteiger partial charge in [-0.3, -0.25) is 0 Å². The molecule has 1 N–H and O–H groups in total. The predicted molar refractivity (Wildman–Crippen MR) is 83.4 cm³/mol. The zero-order chi connectivity index (χ0) is 14.9. The van der Waals surface area contributed by atoms with E-state index in [2.05, 4.69) is 31.2 Å². The minimum atomic E-state index is -0.297. The molecule has 0 atom stereocenters. The van der Waals surface area contributed by atoms with E-state index in [0.29, 0.717) is 22.9 Å². The molecule has 0 saturated carbocycles. The minimum Gasteiger partial charge on any atom is -0.373 e. The molecule has 1 aromatic carbocycles. The molecule has 1 aromatic heterocycles. The van der Waals surface area contributed by atoms with Gasteiger partial charge in [0.25, 0.3) is 0 Å². The maximum Gasteiger partial charge on any atom is 0.136 e. The largest absolute Gasteiger partial charge is 0.373 e. The van der Waals surface area contributed by atoms with Gasteiger partial charge in [-0.15, -0.1) is 0 Å². The van der Waals surface area contributed by atoms with Crippen LogP contribution in [0.15, 0.2) is 28.7 Å². The first-order chi connectivity index (χ1) is 9.31. The molecule has 5 heteroatoms. The van der Waals surface area contributed by atoms with Crippen LogP contribution in [0, 0.1) is 5.82 Å². The van der Waals surface area contributed by atoms with Gasteiger partial charge in [0, 0.05) is 28.6 Å². The zero-order valence-electron chi connectivity index (χ0n) is 12.0. The van der Waals surface area contributed by atoms with Crippen molar-refractivity contribution in [1.82, 2.24) is 9.97 Å². The first kappa shape index (κ1) is 14.9. The molecular formula is C15H17BrFN3. The molecule has 3 nitrogen and oxygen atoms in total. The SMILES string of the molecule is CNc1cc(-c2cc(Br)ccc2F)nc(C(C)(C)C)n1. The highest BCUT2D eigenvalue weighted by atomic mass is 79.9. The van der Waals surface area contributed by atoms with Crippen molar-refractivity contribution in [2.24, 2.45) is 0 Å². The number of nitrogens with zero attached hydrogens (tertiary/aromatic N) is 2. The molecule has 0 fully saturated rings. The number of anilines is 1. The summed E-state index contributed by atoms with van der Waals surface area (Å²) in [6.45, 7) is 6.09. The first-order valence-corrected chi connectivity index (χ1v) is 7.13. The monoisotopic (exact) mass is 337 g/mol. The molecule has 0 aliphatic rings. The topological polar surface area (TPSA) is 37.8 Å². The number of hydrogen-bond donors (Lipinski definition) is 1. The van der Waals surface area contributed by atoms with Crippen molar-refractivity contribution in [2.45, 2.75) is 26.2 Å². The van der Waals surface area contributed by atoms with Crippen LogP contribution in [-0.4, -0.2) is 17.0 Å². The third kappa shape index (κ3) is 3.15. The van der Waals surface area contributed by atoms with Crippen LogP contribution in [0.1, 0.15) is 26.6 Å². The van der Waals surface area contributed by atoms with E-state index in [9.17, 15) is 4.39 Å². The van der Waals surface area contributed by atoms with E-state index >= 15 is 0 Å². The van der Waals surface area contributed by atoms with Gasteiger partial charge >= 0.3 is 0 Å². The van der Waals surface area contributed by atoms with Crippen molar-refractivity contribution in [3.8, 4) is 11.3 Å². The summed E-state index contributed by atoms with van der Waals surface area (Å²) in [5, 5.41) is 3.00. The maximum absolute atomic E-state index is 14.0. The highest BCUT2D eigenvalue weighted by Crippen LogP contribution is 2.28. The van der Waals surface area contributed by atoms with Gasteiger partial charge in [-0.2, -0.15) is 0 Å². The second kappa shape index (κ2) is 5.48. The summed E-state index contributed by atoms with van der Waals surface area (Å²) in [7, 11) is 1.79. The average Bonchev–Trinajstić information content (AvgIpc) is 2.40. The molecule has 0 unspecified atom stereocenters. The third-order valence-corrected chi connectivity index (χ3v) is 3.35. The quantitative estimate of drug-likeness (QED) is 0.883. The van der Waals surface area contributed by atoms with Crippen molar-refractivity contribution in [2.75, 3.05) is 12.4 Å². The lowest BCUT2D eigenvalue weighted by Gasteiger charge is -2.18. The predicted octanol–water partition coefficient (Wildman–Crippen LogP) is 4.38. The van der Waals surface area contributed by atoms with Gasteiger partial charge in [-0.25, -0.2) is 14.4 Å². The summed E-state index contributed by atoms with van der Waals surface area (Å²) < 4.78 is 14.8. The fraction of sp³-hybridized carbons (Fsp3) is 0.333. The van der Waals surface area contributed by atoms with Crippen molar-refractivity contribution in [3.05, 3.63) is 40.4 Å². The second-order valence-electron chi connectivity index (χ2n) is 5.59. The van der Waals surface area contributed by atoms with Crippen LogP contribution in [0.5, 0.6) is 0 Å². The Balaban J connectivity index is 2.64. The fourth-order valence-corrected chi connectivity index (χ4v) is 2.10. The minimum absolute atomic E-state index is 0.204. The fourth-order valence-electron chi connectivity index (χ4n) is 1.74. The lowest BCUT2D eigenvalue weighted by Crippen LogP contribution is -2.17. The Bertz CT molecular complexity index is 636. The van der Waals surface area contributed by atoms with Crippen molar-refractivity contribution in [3.63, 3.8) is 0 Å². The van der Waals surface area contributed by atoms with Gasteiger partial charge < -0.3 is 5.32 Å². The van der Waals surface area contributed by atoms with Gasteiger partial charge in [-0.1, -0.05) is 36.7 Å². The Morgan fingerprint density at radius 1 is 1.15 bits per heavy atom. The molecule has 0 spiro atoms. The highest BCUT2D eigenvalue weighted by Gasteiger charge is 2.20. The van der Waals surface area contributed by atoms with E-state index < -0.39 is 0 Å². The van der Waals surface area contributed by atoms with Gasteiger partial charge in [0.05, 0.1) is 5.69 Å². The Labute approximate surface area is 126 Å². The smallest absolute Gasteiger partial charge is 0.136 e. The average molecular weight is 338 g/mol. The van der Waals surface area contributed by atoms with E-state index in [4.69, 9.17) is 0 Å². The molecule has 0 aliphatic carbocycles. The van der Waals surface area contributed by atoms with E-state index in [1.807, 2.05) is 20.8 Å².